The third-order valence-corrected chi connectivity index (χ3v) is 6.14. The third-order valence-electron chi connectivity index (χ3n) is 6.14. The van der Waals surface area contributed by atoms with E-state index >= 15 is 0 Å². The molecule has 3 aromatic heterocycles. The maximum absolute atomic E-state index is 13.6. The summed E-state index contributed by atoms with van der Waals surface area (Å²) in [6.45, 7) is 2.07. The molecular weight excluding hydrogens is 413 g/mol. The predicted molar refractivity (Wildman–Crippen MR) is 128 cm³/mol. The van der Waals surface area contributed by atoms with Crippen LogP contribution in [0.25, 0.3) is 50.3 Å². The highest BCUT2D eigenvalue weighted by Crippen LogP contribution is 2.35. The Bertz CT molecular complexity index is 1650. The molecule has 0 unspecified atom stereocenters. The van der Waals surface area contributed by atoms with Gasteiger partial charge in [0, 0.05) is 16.3 Å². The van der Waals surface area contributed by atoms with Crippen LogP contribution in [0, 0.1) is 12.9 Å². The lowest BCUT2D eigenvalue weighted by Gasteiger charge is -2.10. The van der Waals surface area contributed by atoms with E-state index in [9.17, 15) is 4.39 Å². The fourth-order valence-corrected chi connectivity index (χ4v) is 4.56. The van der Waals surface area contributed by atoms with Crippen LogP contribution in [-0.2, 0) is 7.05 Å². The molecule has 0 fully saturated rings. The summed E-state index contributed by atoms with van der Waals surface area (Å²) in [4.78, 5) is 3.92. The smallest absolute Gasteiger partial charge is 0.294 e. The van der Waals surface area contributed by atoms with E-state index in [0.29, 0.717) is 11.3 Å². The minimum Gasteiger partial charge on any atom is -0.438 e. The first-order valence-corrected chi connectivity index (χ1v) is 10.8. The molecule has 6 rings (SSSR count). The van der Waals surface area contributed by atoms with Gasteiger partial charge in [0.2, 0.25) is 11.7 Å². The number of aromatic nitrogens is 3. The van der Waals surface area contributed by atoms with Gasteiger partial charge < -0.3 is 4.42 Å². The van der Waals surface area contributed by atoms with Gasteiger partial charge in [-0.05, 0) is 48.4 Å². The second-order valence-corrected chi connectivity index (χ2v) is 8.24. The van der Waals surface area contributed by atoms with Gasteiger partial charge in [-0.2, -0.15) is 13.9 Å². The van der Waals surface area contributed by atoms with Crippen LogP contribution in [0.3, 0.4) is 0 Å². The van der Waals surface area contributed by atoms with Crippen LogP contribution in [0.1, 0.15) is 5.56 Å². The second-order valence-electron chi connectivity index (χ2n) is 8.24. The Morgan fingerprint density at radius 1 is 0.879 bits per heavy atom. The summed E-state index contributed by atoms with van der Waals surface area (Å²) in [5, 5.41) is 1.72. The fourth-order valence-electron chi connectivity index (χ4n) is 4.56. The summed E-state index contributed by atoms with van der Waals surface area (Å²) >= 11 is 0. The van der Waals surface area contributed by atoms with Gasteiger partial charge in [0.1, 0.15) is 23.7 Å². The molecule has 33 heavy (non-hydrogen) atoms. The molecule has 0 aliphatic rings. The van der Waals surface area contributed by atoms with E-state index in [4.69, 9.17) is 4.42 Å². The summed E-state index contributed by atoms with van der Waals surface area (Å²) in [5.41, 5.74) is 6.57. The van der Waals surface area contributed by atoms with Crippen LogP contribution in [0.4, 0.5) is 4.39 Å². The van der Waals surface area contributed by atoms with E-state index in [1.54, 1.807) is 6.07 Å². The fraction of sp³-hybridized carbons (Fsp3) is 0.0714. The first-order chi connectivity index (χ1) is 16.1. The van der Waals surface area contributed by atoms with E-state index in [-0.39, 0.29) is 0 Å². The Kier molecular flexibility index (Phi) is 4.37. The normalized spacial score (nSPS) is 11.5. The minimum absolute atomic E-state index is 0.315. The number of nitrogens with zero attached hydrogens (tertiary/aromatic N) is 3. The van der Waals surface area contributed by atoms with Crippen LogP contribution in [0.15, 0.2) is 95.7 Å². The van der Waals surface area contributed by atoms with Gasteiger partial charge in [-0.3, -0.25) is 0 Å². The molecule has 3 heterocycles. The Labute approximate surface area is 190 Å². The van der Waals surface area contributed by atoms with Gasteiger partial charge in [0.05, 0.1) is 12.6 Å². The number of rotatable bonds is 3. The van der Waals surface area contributed by atoms with Gasteiger partial charge in [0.15, 0.2) is 0 Å². The van der Waals surface area contributed by atoms with Gasteiger partial charge in [-0.25, -0.2) is 4.57 Å². The first-order valence-electron chi connectivity index (χ1n) is 10.8. The number of furan rings is 1. The monoisotopic (exact) mass is 434 g/mol. The standard InChI is InChI=1S/C28H21FN3O/c1-18-16-25-23(21-12-13-26(29)30-27(21)33-25)17-22(18)28-31(2)14-15-32(28)24-11-7-6-10-20(24)19-8-4-3-5-9-19/h3-17H,1-2H3/q+1. The molecule has 160 valence electrons. The number of aryl methyl sites for hydroxylation is 2. The number of benzene rings is 3. The molecule has 0 bridgehead atoms. The molecule has 0 aliphatic heterocycles. The quantitative estimate of drug-likeness (QED) is 0.239. The summed E-state index contributed by atoms with van der Waals surface area (Å²) in [7, 11) is 2.05. The largest absolute Gasteiger partial charge is 0.438 e. The lowest BCUT2D eigenvalue weighted by Crippen LogP contribution is -2.29. The lowest BCUT2D eigenvalue weighted by atomic mass is 10.0. The van der Waals surface area contributed by atoms with Gasteiger partial charge in [0.25, 0.3) is 5.82 Å². The van der Waals surface area contributed by atoms with E-state index in [2.05, 4.69) is 88.0 Å². The third kappa shape index (κ3) is 3.12. The number of hydrogen-bond donors (Lipinski definition) is 0. The molecule has 0 amide bonds. The highest BCUT2D eigenvalue weighted by atomic mass is 19.1. The molecule has 0 radical (unpaired) electrons. The van der Waals surface area contributed by atoms with E-state index in [1.165, 1.54) is 6.07 Å². The van der Waals surface area contributed by atoms with Crippen molar-refractivity contribution in [3.63, 3.8) is 0 Å². The Morgan fingerprint density at radius 2 is 1.67 bits per heavy atom. The van der Waals surface area contributed by atoms with Crippen molar-refractivity contribution in [3.05, 3.63) is 103 Å². The summed E-state index contributed by atoms with van der Waals surface area (Å²) in [6.07, 6.45) is 4.15. The molecule has 0 saturated carbocycles. The highest BCUT2D eigenvalue weighted by Gasteiger charge is 2.24. The molecule has 3 aromatic carbocycles. The molecule has 6 aromatic rings. The van der Waals surface area contributed by atoms with Crippen molar-refractivity contribution in [3.8, 4) is 28.2 Å². The van der Waals surface area contributed by atoms with Crippen molar-refractivity contribution < 1.29 is 13.4 Å². The number of halogens is 1. The summed E-state index contributed by atoms with van der Waals surface area (Å²) in [5.74, 6) is 0.499. The van der Waals surface area contributed by atoms with Crippen molar-refractivity contribution >= 4 is 22.1 Å². The molecule has 0 spiro atoms. The number of pyridine rings is 1. The Balaban J connectivity index is 1.60. The van der Waals surface area contributed by atoms with Crippen molar-refractivity contribution in [2.24, 2.45) is 7.05 Å². The van der Waals surface area contributed by atoms with Crippen molar-refractivity contribution in [1.29, 1.82) is 0 Å². The van der Waals surface area contributed by atoms with Gasteiger partial charge >= 0.3 is 0 Å². The number of hydrogen-bond acceptors (Lipinski definition) is 2. The molecule has 4 nitrogen and oxygen atoms in total. The zero-order valence-corrected chi connectivity index (χ0v) is 18.3. The minimum atomic E-state index is -0.545. The second kappa shape index (κ2) is 7.41. The topological polar surface area (TPSA) is 34.8 Å². The van der Waals surface area contributed by atoms with Crippen LogP contribution in [0.5, 0.6) is 0 Å². The average Bonchev–Trinajstić information content (AvgIpc) is 3.38. The van der Waals surface area contributed by atoms with Crippen LogP contribution < -0.4 is 4.57 Å². The van der Waals surface area contributed by atoms with Crippen molar-refractivity contribution in [1.82, 2.24) is 9.55 Å². The number of imidazole rings is 1. The SMILES string of the molecule is Cc1cc2oc3nc(F)ccc3c2cc1-c1n(-c2ccccc2-c2ccccc2)cc[n+]1C. The van der Waals surface area contributed by atoms with Gasteiger partial charge in [-0.15, -0.1) is 0 Å². The van der Waals surface area contributed by atoms with Crippen LogP contribution in [-0.4, -0.2) is 9.55 Å². The zero-order chi connectivity index (χ0) is 22.5. The molecule has 0 aliphatic carbocycles. The van der Waals surface area contributed by atoms with Crippen LogP contribution in [0.2, 0.25) is 0 Å². The summed E-state index contributed by atoms with van der Waals surface area (Å²) in [6, 6.07) is 26.0. The molecule has 0 atom stereocenters. The zero-order valence-electron chi connectivity index (χ0n) is 18.3. The summed E-state index contributed by atoms with van der Waals surface area (Å²) < 4.78 is 23.8. The molecule has 0 N–H and O–H groups in total. The van der Waals surface area contributed by atoms with Crippen LogP contribution >= 0.6 is 0 Å². The van der Waals surface area contributed by atoms with Gasteiger partial charge in [-0.1, -0.05) is 48.5 Å². The first kappa shape index (κ1) is 19.4. The number of para-hydroxylation sites is 1. The average molecular weight is 434 g/mol. The van der Waals surface area contributed by atoms with Crippen molar-refractivity contribution in [2.75, 3.05) is 0 Å². The molecule has 0 saturated heterocycles. The van der Waals surface area contributed by atoms with Crippen molar-refractivity contribution in [2.45, 2.75) is 6.92 Å². The Morgan fingerprint density at radius 3 is 2.52 bits per heavy atom. The van der Waals surface area contributed by atoms with E-state index in [0.717, 1.165) is 44.5 Å². The van der Waals surface area contributed by atoms with E-state index in [1.807, 2.05) is 19.2 Å². The Hall–Kier alpha value is -4.25. The molecular formula is C28H21FN3O+. The maximum atomic E-state index is 13.6. The van der Waals surface area contributed by atoms with E-state index < -0.39 is 5.95 Å². The highest BCUT2D eigenvalue weighted by molar-refractivity contribution is 6.05. The molecule has 5 heteroatoms. The number of fused-ring (bicyclic) bond motifs is 3. The predicted octanol–water partition coefficient (Wildman–Crippen LogP) is 6.38. The maximum Gasteiger partial charge on any atom is 0.294 e. The lowest BCUT2D eigenvalue weighted by molar-refractivity contribution is -0.659.